The molecule has 0 aromatic heterocycles. The number of carbonyl (C=O) groups is 2. The predicted octanol–water partition coefficient (Wildman–Crippen LogP) is 0.348. The van der Waals surface area contributed by atoms with Crippen LogP contribution < -0.4 is 5.32 Å². The zero-order valence-corrected chi connectivity index (χ0v) is 8.73. The van der Waals surface area contributed by atoms with Crippen molar-refractivity contribution in [2.45, 2.75) is 32.2 Å². The lowest BCUT2D eigenvalue weighted by atomic mass is 10.2. The van der Waals surface area contributed by atoms with E-state index in [9.17, 15) is 9.59 Å². The van der Waals surface area contributed by atoms with Gasteiger partial charge in [-0.2, -0.15) is 0 Å². The molecule has 0 saturated heterocycles. The predicted molar refractivity (Wildman–Crippen MR) is 52.5 cm³/mol. The summed E-state index contributed by atoms with van der Waals surface area (Å²) in [7, 11) is 0. The summed E-state index contributed by atoms with van der Waals surface area (Å²) in [6.45, 7) is 1.92. The lowest BCUT2D eigenvalue weighted by Gasteiger charge is -2.12. The molecule has 0 aliphatic heterocycles. The summed E-state index contributed by atoms with van der Waals surface area (Å²) in [4.78, 5) is 21.6. The Kier molecular flexibility index (Phi) is 7.35. The number of aliphatic hydroxyl groups is 1. The van der Waals surface area contributed by atoms with Crippen molar-refractivity contribution in [3.05, 3.63) is 0 Å². The second kappa shape index (κ2) is 8.05. The average Bonchev–Trinajstić information content (AvgIpc) is 2.17. The van der Waals surface area contributed by atoms with Crippen LogP contribution in [0.3, 0.4) is 0 Å². The van der Waals surface area contributed by atoms with Crippen molar-refractivity contribution in [1.29, 1.82) is 0 Å². The molecule has 1 amide bonds. The van der Waals surface area contributed by atoms with Gasteiger partial charge in [-0.1, -0.05) is 13.3 Å². The van der Waals surface area contributed by atoms with Gasteiger partial charge < -0.3 is 20.3 Å². The van der Waals surface area contributed by atoms with Crippen LogP contribution in [0.5, 0.6) is 0 Å². The van der Waals surface area contributed by atoms with E-state index in [0.29, 0.717) is 0 Å². The first-order chi connectivity index (χ1) is 7.11. The highest BCUT2D eigenvalue weighted by Crippen LogP contribution is 1.94. The van der Waals surface area contributed by atoms with Gasteiger partial charge in [0.25, 0.3) is 0 Å². The van der Waals surface area contributed by atoms with E-state index in [1.54, 1.807) is 0 Å². The molecule has 88 valence electrons. The SMILES string of the molecule is CCCCOC(=O)N[C@@H](CCO)C(=O)O. The molecule has 6 nitrogen and oxygen atoms in total. The Balaban J connectivity index is 3.84. The maximum absolute atomic E-state index is 11.0. The van der Waals surface area contributed by atoms with Crippen molar-refractivity contribution >= 4 is 12.1 Å². The van der Waals surface area contributed by atoms with E-state index >= 15 is 0 Å². The van der Waals surface area contributed by atoms with E-state index in [1.165, 1.54) is 0 Å². The first-order valence-electron chi connectivity index (χ1n) is 4.88. The van der Waals surface area contributed by atoms with Crippen LogP contribution in [0.25, 0.3) is 0 Å². The van der Waals surface area contributed by atoms with Gasteiger partial charge in [0, 0.05) is 13.0 Å². The topological polar surface area (TPSA) is 95.9 Å². The standard InChI is InChI=1S/C9H17NO5/c1-2-3-6-15-9(14)10-7(4-5-11)8(12)13/h7,11H,2-6H2,1H3,(H,10,14)(H,12,13)/t7-/m0/s1. The number of hydrogen-bond acceptors (Lipinski definition) is 4. The van der Waals surface area contributed by atoms with E-state index in [-0.39, 0.29) is 19.6 Å². The van der Waals surface area contributed by atoms with E-state index < -0.39 is 18.1 Å². The summed E-state index contributed by atoms with van der Waals surface area (Å²) in [5.41, 5.74) is 0. The number of hydrogen-bond donors (Lipinski definition) is 3. The number of amides is 1. The molecule has 6 heteroatoms. The minimum atomic E-state index is -1.18. The molecule has 0 aliphatic carbocycles. The van der Waals surface area contributed by atoms with Crippen LogP contribution in [0, 0.1) is 0 Å². The fourth-order valence-corrected chi connectivity index (χ4v) is 0.880. The Morgan fingerprint density at radius 2 is 2.13 bits per heavy atom. The highest BCUT2D eigenvalue weighted by atomic mass is 16.5. The fourth-order valence-electron chi connectivity index (χ4n) is 0.880. The Hall–Kier alpha value is -1.30. The summed E-state index contributed by atoms with van der Waals surface area (Å²) in [6.07, 6.45) is 0.847. The number of ether oxygens (including phenoxy) is 1. The number of aliphatic carboxylic acids is 1. The quantitative estimate of drug-likeness (QED) is 0.537. The maximum atomic E-state index is 11.0. The summed E-state index contributed by atoms with van der Waals surface area (Å²) in [5, 5.41) is 19.4. The monoisotopic (exact) mass is 219 g/mol. The summed E-state index contributed by atoms with van der Waals surface area (Å²) < 4.78 is 4.71. The number of carbonyl (C=O) groups excluding carboxylic acids is 1. The summed E-state index contributed by atoms with van der Waals surface area (Å²) >= 11 is 0. The molecule has 0 heterocycles. The molecular formula is C9H17NO5. The van der Waals surface area contributed by atoms with Crippen molar-refractivity contribution < 1.29 is 24.5 Å². The molecule has 15 heavy (non-hydrogen) atoms. The molecule has 0 aliphatic rings. The maximum Gasteiger partial charge on any atom is 0.407 e. The number of alkyl carbamates (subject to hydrolysis) is 1. The highest BCUT2D eigenvalue weighted by molar-refractivity contribution is 5.79. The van der Waals surface area contributed by atoms with Gasteiger partial charge in [-0.15, -0.1) is 0 Å². The van der Waals surface area contributed by atoms with Crippen LogP contribution in [0.4, 0.5) is 4.79 Å². The zero-order chi connectivity index (χ0) is 11.7. The van der Waals surface area contributed by atoms with Gasteiger partial charge in [0.1, 0.15) is 6.04 Å². The summed E-state index contributed by atoms with van der Waals surface area (Å²) in [5.74, 6) is -1.18. The first-order valence-corrected chi connectivity index (χ1v) is 4.88. The smallest absolute Gasteiger partial charge is 0.407 e. The Morgan fingerprint density at radius 1 is 1.47 bits per heavy atom. The lowest BCUT2D eigenvalue weighted by molar-refractivity contribution is -0.139. The van der Waals surface area contributed by atoms with Gasteiger partial charge in [0.2, 0.25) is 0 Å². The van der Waals surface area contributed by atoms with Gasteiger partial charge in [0.15, 0.2) is 0 Å². The van der Waals surface area contributed by atoms with E-state index in [2.05, 4.69) is 5.32 Å². The molecular weight excluding hydrogens is 202 g/mol. The Labute approximate surface area is 88.2 Å². The molecule has 0 unspecified atom stereocenters. The minimum Gasteiger partial charge on any atom is -0.480 e. The van der Waals surface area contributed by atoms with Gasteiger partial charge in [-0.05, 0) is 6.42 Å². The van der Waals surface area contributed by atoms with Crippen molar-refractivity contribution in [1.82, 2.24) is 5.32 Å². The normalized spacial score (nSPS) is 11.9. The number of carboxylic acid groups (broad SMARTS) is 1. The largest absolute Gasteiger partial charge is 0.480 e. The number of rotatable bonds is 7. The van der Waals surface area contributed by atoms with E-state index in [1.807, 2.05) is 6.92 Å². The zero-order valence-electron chi connectivity index (χ0n) is 8.73. The number of aliphatic hydroxyl groups excluding tert-OH is 1. The molecule has 3 N–H and O–H groups in total. The third-order valence-corrected chi connectivity index (χ3v) is 1.74. The molecule has 0 saturated carbocycles. The third-order valence-electron chi connectivity index (χ3n) is 1.74. The molecule has 0 rings (SSSR count). The van der Waals surface area contributed by atoms with E-state index in [4.69, 9.17) is 14.9 Å². The molecule has 1 atom stereocenters. The molecule has 0 bridgehead atoms. The number of nitrogens with one attached hydrogen (secondary N) is 1. The van der Waals surface area contributed by atoms with Crippen LogP contribution in [-0.2, 0) is 9.53 Å². The van der Waals surface area contributed by atoms with Crippen LogP contribution in [0.15, 0.2) is 0 Å². The fraction of sp³-hybridized carbons (Fsp3) is 0.778. The summed E-state index contributed by atoms with van der Waals surface area (Å²) in [6, 6.07) is -1.09. The van der Waals surface area contributed by atoms with Crippen molar-refractivity contribution in [2.75, 3.05) is 13.2 Å². The van der Waals surface area contributed by atoms with Crippen LogP contribution >= 0.6 is 0 Å². The van der Waals surface area contributed by atoms with Gasteiger partial charge in [-0.3, -0.25) is 0 Å². The van der Waals surface area contributed by atoms with Crippen molar-refractivity contribution in [3.8, 4) is 0 Å². The van der Waals surface area contributed by atoms with Crippen LogP contribution in [0.2, 0.25) is 0 Å². The molecule has 0 aromatic carbocycles. The van der Waals surface area contributed by atoms with Crippen molar-refractivity contribution in [2.24, 2.45) is 0 Å². The second-order valence-electron chi connectivity index (χ2n) is 3.04. The molecule has 0 spiro atoms. The Bertz CT molecular complexity index is 207. The van der Waals surface area contributed by atoms with Gasteiger partial charge in [0.05, 0.1) is 6.61 Å². The lowest BCUT2D eigenvalue weighted by Crippen LogP contribution is -2.41. The molecule has 0 aromatic rings. The van der Waals surface area contributed by atoms with Gasteiger partial charge in [-0.25, -0.2) is 9.59 Å². The highest BCUT2D eigenvalue weighted by Gasteiger charge is 2.19. The van der Waals surface area contributed by atoms with Gasteiger partial charge >= 0.3 is 12.1 Å². The second-order valence-corrected chi connectivity index (χ2v) is 3.04. The van der Waals surface area contributed by atoms with Crippen molar-refractivity contribution in [3.63, 3.8) is 0 Å². The van der Waals surface area contributed by atoms with Crippen LogP contribution in [0.1, 0.15) is 26.2 Å². The average molecular weight is 219 g/mol. The molecule has 0 radical (unpaired) electrons. The molecule has 0 fully saturated rings. The number of unbranched alkanes of at least 4 members (excludes halogenated alkanes) is 1. The third kappa shape index (κ3) is 6.73. The first kappa shape index (κ1) is 13.7. The Morgan fingerprint density at radius 3 is 2.60 bits per heavy atom. The van der Waals surface area contributed by atoms with Crippen LogP contribution in [-0.4, -0.2) is 41.5 Å². The number of carboxylic acids is 1. The minimum absolute atomic E-state index is 0.0296. The van der Waals surface area contributed by atoms with E-state index in [0.717, 1.165) is 12.8 Å².